The lowest BCUT2D eigenvalue weighted by Crippen LogP contribution is -2.31. The fraction of sp³-hybridized carbons (Fsp3) is 0.692. The molecule has 0 aromatic carbocycles. The topological polar surface area (TPSA) is 58.2 Å². The Labute approximate surface area is 129 Å². The van der Waals surface area contributed by atoms with E-state index < -0.39 is 10.0 Å². The van der Waals surface area contributed by atoms with Crippen LogP contribution in [0.3, 0.4) is 0 Å². The minimum Gasteiger partial charge on any atom is -0.315 e. The summed E-state index contributed by atoms with van der Waals surface area (Å²) in [5, 5.41) is 4.95. The van der Waals surface area contributed by atoms with E-state index in [-0.39, 0.29) is 0 Å². The first-order valence-electron chi connectivity index (χ1n) is 6.83. The van der Waals surface area contributed by atoms with Crippen molar-refractivity contribution in [2.45, 2.75) is 31.2 Å². The van der Waals surface area contributed by atoms with E-state index in [1.54, 1.807) is 0 Å². The van der Waals surface area contributed by atoms with E-state index in [0.29, 0.717) is 23.9 Å². The van der Waals surface area contributed by atoms with Crippen LogP contribution in [0.15, 0.2) is 10.3 Å². The Bertz CT molecular complexity index is 534. The average molecular weight is 335 g/mol. The van der Waals surface area contributed by atoms with E-state index in [4.69, 9.17) is 0 Å². The lowest BCUT2D eigenvalue weighted by Gasteiger charge is -2.21. The van der Waals surface area contributed by atoms with Crippen LogP contribution < -0.4 is 10.0 Å². The fourth-order valence-corrected chi connectivity index (χ4v) is 6.52. The van der Waals surface area contributed by atoms with Gasteiger partial charge in [-0.05, 0) is 55.2 Å². The predicted molar refractivity (Wildman–Crippen MR) is 87.1 cm³/mol. The van der Waals surface area contributed by atoms with E-state index >= 15 is 0 Å². The van der Waals surface area contributed by atoms with Gasteiger partial charge in [0.15, 0.2) is 0 Å². The highest BCUT2D eigenvalue weighted by molar-refractivity contribution is 7.99. The summed E-state index contributed by atoms with van der Waals surface area (Å²) in [7, 11) is -1.55. The molecule has 0 amide bonds. The number of nitrogens with one attached hydrogen (secondary N) is 2. The molecule has 2 N–H and O–H groups in total. The molecule has 0 unspecified atom stereocenters. The van der Waals surface area contributed by atoms with Crippen molar-refractivity contribution >= 4 is 33.1 Å². The molecule has 1 saturated heterocycles. The summed E-state index contributed by atoms with van der Waals surface area (Å²) in [5.74, 6) is 2.78. The van der Waals surface area contributed by atoms with Crippen LogP contribution in [0.25, 0.3) is 0 Å². The summed E-state index contributed by atoms with van der Waals surface area (Å²) in [6.07, 6.45) is 2.22. The second-order valence-electron chi connectivity index (χ2n) is 5.11. The van der Waals surface area contributed by atoms with Gasteiger partial charge in [0.1, 0.15) is 4.90 Å². The van der Waals surface area contributed by atoms with Gasteiger partial charge in [-0.3, -0.25) is 0 Å². The maximum Gasteiger partial charge on any atom is 0.241 e. The van der Waals surface area contributed by atoms with Crippen molar-refractivity contribution in [3.63, 3.8) is 0 Å². The number of aryl methyl sites for hydroxylation is 1. The van der Waals surface area contributed by atoms with Crippen LogP contribution in [0.5, 0.6) is 0 Å². The van der Waals surface area contributed by atoms with Crippen molar-refractivity contribution in [2.75, 3.05) is 25.1 Å². The predicted octanol–water partition coefficient (Wildman–Crippen LogP) is 2.20. The van der Waals surface area contributed by atoms with Gasteiger partial charge < -0.3 is 5.32 Å². The molecule has 4 nitrogen and oxygen atoms in total. The van der Waals surface area contributed by atoms with Crippen LogP contribution in [0, 0.1) is 12.8 Å². The molecule has 1 aromatic heterocycles. The number of rotatable bonds is 6. The van der Waals surface area contributed by atoms with Gasteiger partial charge in [-0.1, -0.05) is 0 Å². The molecule has 0 atom stereocenters. The van der Waals surface area contributed by atoms with Crippen molar-refractivity contribution in [2.24, 2.45) is 5.92 Å². The first-order valence-corrected chi connectivity index (χ1v) is 10.4. The molecule has 1 aliphatic rings. The van der Waals surface area contributed by atoms with E-state index in [0.717, 1.165) is 34.8 Å². The molecule has 0 radical (unpaired) electrons. The van der Waals surface area contributed by atoms with Crippen molar-refractivity contribution in [1.82, 2.24) is 10.0 Å². The van der Waals surface area contributed by atoms with Crippen molar-refractivity contribution in [3.8, 4) is 0 Å². The molecule has 20 heavy (non-hydrogen) atoms. The molecule has 0 saturated carbocycles. The van der Waals surface area contributed by atoms with E-state index in [9.17, 15) is 8.42 Å². The van der Waals surface area contributed by atoms with Crippen molar-refractivity contribution < 1.29 is 8.42 Å². The van der Waals surface area contributed by atoms with Crippen LogP contribution >= 0.6 is 23.1 Å². The number of thioether (sulfide) groups is 1. The molecule has 1 aliphatic heterocycles. The first kappa shape index (κ1) is 16.3. The summed E-state index contributed by atoms with van der Waals surface area (Å²) < 4.78 is 27.8. The molecule has 1 fully saturated rings. The number of thiophene rings is 1. The maximum atomic E-state index is 12.5. The lowest BCUT2D eigenvalue weighted by atomic mass is 10.0. The largest absolute Gasteiger partial charge is 0.315 e. The monoisotopic (exact) mass is 334 g/mol. The molecular formula is C13H22N2O2S3. The number of hydrogen-bond donors (Lipinski definition) is 2. The molecule has 0 bridgehead atoms. The summed E-state index contributed by atoms with van der Waals surface area (Å²) in [6, 6.07) is 0. The quantitative estimate of drug-likeness (QED) is 0.837. The van der Waals surface area contributed by atoms with Gasteiger partial charge in [-0.25, -0.2) is 13.1 Å². The highest BCUT2D eigenvalue weighted by Gasteiger charge is 2.24. The van der Waals surface area contributed by atoms with E-state index in [1.807, 2.05) is 31.1 Å². The minimum atomic E-state index is -3.39. The third kappa shape index (κ3) is 3.98. The van der Waals surface area contributed by atoms with Gasteiger partial charge in [0.2, 0.25) is 10.0 Å². The van der Waals surface area contributed by atoms with Gasteiger partial charge >= 0.3 is 0 Å². The Morgan fingerprint density at radius 2 is 2.05 bits per heavy atom. The average Bonchev–Trinajstić information content (AvgIpc) is 2.80. The zero-order valence-corrected chi connectivity index (χ0v) is 14.4. The summed E-state index contributed by atoms with van der Waals surface area (Å²) >= 11 is 3.46. The van der Waals surface area contributed by atoms with E-state index in [1.165, 1.54) is 11.3 Å². The maximum absolute atomic E-state index is 12.5. The normalized spacial score (nSPS) is 17.5. The van der Waals surface area contributed by atoms with Crippen LogP contribution in [0.1, 0.15) is 23.3 Å². The fourth-order valence-electron chi connectivity index (χ4n) is 2.38. The van der Waals surface area contributed by atoms with Crippen LogP contribution in [-0.2, 0) is 16.6 Å². The molecule has 0 spiro atoms. The molecular weight excluding hydrogens is 312 g/mol. The van der Waals surface area contributed by atoms with Gasteiger partial charge in [0, 0.05) is 18.0 Å². The Balaban J connectivity index is 2.07. The smallest absolute Gasteiger partial charge is 0.241 e. The SMILES string of the molecule is CNCc1scc(C)c1S(=O)(=O)NCC1CCSCC1. The highest BCUT2D eigenvalue weighted by atomic mass is 32.2. The van der Waals surface area contributed by atoms with Crippen molar-refractivity contribution in [3.05, 3.63) is 15.8 Å². The molecule has 2 rings (SSSR count). The van der Waals surface area contributed by atoms with Gasteiger partial charge in [-0.15, -0.1) is 11.3 Å². The third-order valence-electron chi connectivity index (χ3n) is 3.50. The molecule has 114 valence electrons. The van der Waals surface area contributed by atoms with Crippen molar-refractivity contribution in [1.29, 1.82) is 0 Å². The third-order valence-corrected chi connectivity index (χ3v) is 7.43. The summed E-state index contributed by atoms with van der Waals surface area (Å²) in [5.41, 5.74) is 0.840. The Hall–Kier alpha value is -0.0800. The molecule has 0 aliphatic carbocycles. The van der Waals surface area contributed by atoms with Crippen LogP contribution in [-0.4, -0.2) is 33.5 Å². The first-order chi connectivity index (χ1) is 9.54. The molecule has 2 heterocycles. The highest BCUT2D eigenvalue weighted by Crippen LogP contribution is 2.27. The van der Waals surface area contributed by atoms with E-state index in [2.05, 4.69) is 10.0 Å². The Morgan fingerprint density at radius 1 is 1.35 bits per heavy atom. The summed E-state index contributed by atoms with van der Waals surface area (Å²) in [6.45, 7) is 3.02. The molecule has 1 aromatic rings. The summed E-state index contributed by atoms with van der Waals surface area (Å²) in [4.78, 5) is 1.36. The zero-order chi connectivity index (χ0) is 14.6. The lowest BCUT2D eigenvalue weighted by molar-refractivity contribution is 0.476. The van der Waals surface area contributed by atoms with Gasteiger partial charge in [-0.2, -0.15) is 11.8 Å². The second-order valence-corrected chi connectivity index (χ2v) is 9.00. The molecule has 7 heteroatoms. The minimum absolute atomic E-state index is 0.474. The standard InChI is InChI=1S/C13H22N2O2S3/c1-10-9-19-12(8-14-2)13(10)20(16,17)15-7-11-3-5-18-6-4-11/h9,11,14-15H,3-8H2,1-2H3. The van der Waals surface area contributed by atoms with Gasteiger partial charge in [0.05, 0.1) is 0 Å². The number of hydrogen-bond acceptors (Lipinski definition) is 5. The van der Waals surface area contributed by atoms with Crippen LogP contribution in [0.2, 0.25) is 0 Å². The number of sulfonamides is 1. The van der Waals surface area contributed by atoms with Crippen LogP contribution in [0.4, 0.5) is 0 Å². The van der Waals surface area contributed by atoms with Gasteiger partial charge in [0.25, 0.3) is 0 Å². The zero-order valence-electron chi connectivity index (χ0n) is 11.9. The Kier molecular flexibility index (Phi) is 5.92. The second kappa shape index (κ2) is 7.26. The Morgan fingerprint density at radius 3 is 2.70 bits per heavy atom.